The highest BCUT2D eigenvalue weighted by Gasteiger charge is 2.22. The molecule has 0 saturated carbocycles. The Bertz CT molecular complexity index is 667. The Morgan fingerprint density at radius 1 is 1.10 bits per heavy atom. The van der Waals surface area contributed by atoms with Gasteiger partial charge in [0.05, 0.1) is 11.6 Å². The number of carbonyl (C=O) groups is 1. The van der Waals surface area contributed by atoms with E-state index in [1.807, 2.05) is 19.9 Å². The van der Waals surface area contributed by atoms with Crippen molar-refractivity contribution in [3.05, 3.63) is 59.2 Å². The molecular formula is C17H19NO3. The third-order valence-corrected chi connectivity index (χ3v) is 3.67. The maximum atomic E-state index is 12.5. The summed E-state index contributed by atoms with van der Waals surface area (Å²) in [6, 6.07) is 11.5. The van der Waals surface area contributed by atoms with Gasteiger partial charge >= 0.3 is 0 Å². The lowest BCUT2D eigenvalue weighted by molar-refractivity contribution is 0.0738. The molecule has 0 bridgehead atoms. The van der Waals surface area contributed by atoms with Crippen molar-refractivity contribution >= 4 is 5.91 Å². The zero-order valence-electron chi connectivity index (χ0n) is 12.4. The molecule has 1 unspecified atom stereocenters. The number of phenolic OH excluding ortho intramolecular Hbond substituents is 2. The Labute approximate surface area is 124 Å². The van der Waals surface area contributed by atoms with Crippen LogP contribution in [0.25, 0.3) is 0 Å². The van der Waals surface area contributed by atoms with E-state index >= 15 is 0 Å². The molecule has 2 aromatic rings. The van der Waals surface area contributed by atoms with Crippen LogP contribution in [-0.2, 0) is 0 Å². The summed E-state index contributed by atoms with van der Waals surface area (Å²) in [5.41, 5.74) is 1.83. The summed E-state index contributed by atoms with van der Waals surface area (Å²) in [6.07, 6.45) is 0. The van der Waals surface area contributed by atoms with Gasteiger partial charge in [-0.3, -0.25) is 4.79 Å². The van der Waals surface area contributed by atoms with Gasteiger partial charge in [-0.2, -0.15) is 0 Å². The summed E-state index contributed by atoms with van der Waals surface area (Å²) >= 11 is 0. The Kier molecular flexibility index (Phi) is 4.17. The van der Waals surface area contributed by atoms with E-state index in [1.54, 1.807) is 37.4 Å². The Hall–Kier alpha value is -2.49. The van der Waals surface area contributed by atoms with Crippen molar-refractivity contribution in [2.75, 3.05) is 7.05 Å². The molecule has 0 aliphatic carbocycles. The van der Waals surface area contributed by atoms with Crippen LogP contribution in [0.4, 0.5) is 0 Å². The van der Waals surface area contributed by atoms with Crippen LogP contribution in [0.15, 0.2) is 42.5 Å². The minimum absolute atomic E-state index is 0.0399. The largest absolute Gasteiger partial charge is 0.508 e. The quantitative estimate of drug-likeness (QED) is 0.910. The molecule has 0 heterocycles. The van der Waals surface area contributed by atoms with E-state index in [-0.39, 0.29) is 29.0 Å². The number of aryl methyl sites for hydroxylation is 1. The molecule has 0 saturated heterocycles. The first-order valence-corrected chi connectivity index (χ1v) is 6.76. The molecule has 2 rings (SSSR count). The second-order valence-electron chi connectivity index (χ2n) is 5.17. The molecule has 0 aliphatic rings. The smallest absolute Gasteiger partial charge is 0.257 e. The first kappa shape index (κ1) is 14.9. The van der Waals surface area contributed by atoms with Crippen molar-refractivity contribution in [3.8, 4) is 11.5 Å². The molecule has 2 N–H and O–H groups in total. The molecule has 4 heteroatoms. The van der Waals surface area contributed by atoms with Crippen molar-refractivity contribution in [3.63, 3.8) is 0 Å². The van der Waals surface area contributed by atoms with Gasteiger partial charge < -0.3 is 15.1 Å². The van der Waals surface area contributed by atoms with Crippen molar-refractivity contribution in [2.45, 2.75) is 19.9 Å². The van der Waals surface area contributed by atoms with Gasteiger partial charge in [-0.05, 0) is 32.0 Å². The molecular weight excluding hydrogens is 266 g/mol. The zero-order valence-corrected chi connectivity index (χ0v) is 12.4. The van der Waals surface area contributed by atoms with Crippen LogP contribution in [0.5, 0.6) is 11.5 Å². The minimum Gasteiger partial charge on any atom is -0.508 e. The lowest BCUT2D eigenvalue weighted by atomic mass is 10.0. The molecule has 0 aliphatic heterocycles. The molecule has 0 spiro atoms. The number of amides is 1. The number of phenols is 2. The predicted octanol–water partition coefficient (Wildman–Crippen LogP) is 3.24. The monoisotopic (exact) mass is 285 g/mol. The van der Waals surface area contributed by atoms with E-state index in [9.17, 15) is 15.0 Å². The van der Waals surface area contributed by atoms with Gasteiger partial charge in [0.1, 0.15) is 11.5 Å². The molecule has 4 nitrogen and oxygen atoms in total. The average Bonchev–Trinajstić information content (AvgIpc) is 2.48. The van der Waals surface area contributed by atoms with Crippen LogP contribution in [0.1, 0.15) is 34.5 Å². The summed E-state index contributed by atoms with van der Waals surface area (Å²) in [4.78, 5) is 14.0. The summed E-state index contributed by atoms with van der Waals surface area (Å²) in [7, 11) is 1.65. The van der Waals surface area contributed by atoms with E-state index in [0.717, 1.165) is 5.56 Å². The van der Waals surface area contributed by atoms with Gasteiger partial charge in [0, 0.05) is 12.6 Å². The number of hydrogen-bond donors (Lipinski definition) is 2. The fourth-order valence-corrected chi connectivity index (χ4v) is 2.24. The second-order valence-corrected chi connectivity index (χ2v) is 5.17. The number of nitrogens with zero attached hydrogens (tertiary/aromatic N) is 1. The Balaban J connectivity index is 2.31. The molecule has 1 atom stereocenters. The van der Waals surface area contributed by atoms with Gasteiger partial charge in [0.15, 0.2) is 0 Å². The molecule has 2 aromatic carbocycles. The highest BCUT2D eigenvalue weighted by Crippen LogP contribution is 2.29. The Morgan fingerprint density at radius 2 is 1.76 bits per heavy atom. The first-order valence-electron chi connectivity index (χ1n) is 6.76. The standard InChI is InChI=1S/C17H19NO3/c1-11-8-9-16(20)14(10-11)17(21)18(3)12(2)13-6-4-5-7-15(13)19/h4-10,12,19-20H,1-3H3. The highest BCUT2D eigenvalue weighted by atomic mass is 16.3. The van der Waals surface area contributed by atoms with E-state index in [1.165, 1.54) is 11.0 Å². The van der Waals surface area contributed by atoms with E-state index in [2.05, 4.69) is 0 Å². The normalized spacial score (nSPS) is 12.0. The summed E-state index contributed by atoms with van der Waals surface area (Å²) < 4.78 is 0. The van der Waals surface area contributed by atoms with Crippen LogP contribution < -0.4 is 0 Å². The second kappa shape index (κ2) is 5.87. The third kappa shape index (κ3) is 2.99. The first-order chi connectivity index (χ1) is 9.91. The minimum atomic E-state index is -0.307. The average molecular weight is 285 g/mol. The number of hydrogen-bond acceptors (Lipinski definition) is 3. The molecule has 0 fully saturated rings. The highest BCUT2D eigenvalue weighted by molar-refractivity contribution is 5.97. The van der Waals surface area contributed by atoms with Crippen molar-refractivity contribution in [2.24, 2.45) is 0 Å². The van der Waals surface area contributed by atoms with Crippen LogP contribution in [-0.4, -0.2) is 28.1 Å². The lowest BCUT2D eigenvalue weighted by Gasteiger charge is -2.26. The van der Waals surface area contributed by atoms with Gasteiger partial charge in [-0.1, -0.05) is 29.8 Å². The summed E-state index contributed by atoms with van der Waals surface area (Å²) in [5, 5.41) is 19.8. The van der Waals surface area contributed by atoms with E-state index < -0.39 is 0 Å². The number of carbonyl (C=O) groups excluding carboxylic acids is 1. The maximum absolute atomic E-state index is 12.5. The molecule has 0 aromatic heterocycles. The molecule has 21 heavy (non-hydrogen) atoms. The van der Waals surface area contributed by atoms with Crippen LogP contribution >= 0.6 is 0 Å². The number of aromatic hydroxyl groups is 2. The fraction of sp³-hybridized carbons (Fsp3) is 0.235. The van der Waals surface area contributed by atoms with Gasteiger partial charge in [0.2, 0.25) is 0 Å². The van der Waals surface area contributed by atoms with E-state index in [4.69, 9.17) is 0 Å². The lowest BCUT2D eigenvalue weighted by Crippen LogP contribution is -2.29. The van der Waals surface area contributed by atoms with Crippen LogP contribution in [0, 0.1) is 6.92 Å². The summed E-state index contributed by atoms with van der Waals surface area (Å²) in [5.74, 6) is -0.174. The molecule has 1 amide bonds. The van der Waals surface area contributed by atoms with Crippen molar-refractivity contribution < 1.29 is 15.0 Å². The fourth-order valence-electron chi connectivity index (χ4n) is 2.24. The third-order valence-electron chi connectivity index (χ3n) is 3.67. The number of rotatable bonds is 3. The van der Waals surface area contributed by atoms with Crippen LogP contribution in [0.3, 0.4) is 0 Å². The zero-order chi connectivity index (χ0) is 15.6. The topological polar surface area (TPSA) is 60.8 Å². The number of benzene rings is 2. The van der Waals surface area contributed by atoms with Crippen LogP contribution in [0.2, 0.25) is 0 Å². The van der Waals surface area contributed by atoms with E-state index in [0.29, 0.717) is 5.56 Å². The van der Waals surface area contributed by atoms with Gasteiger partial charge in [-0.15, -0.1) is 0 Å². The van der Waals surface area contributed by atoms with Gasteiger partial charge in [0.25, 0.3) is 5.91 Å². The molecule has 110 valence electrons. The maximum Gasteiger partial charge on any atom is 0.257 e. The van der Waals surface area contributed by atoms with Crippen molar-refractivity contribution in [1.82, 2.24) is 4.90 Å². The SMILES string of the molecule is Cc1ccc(O)c(C(=O)N(C)C(C)c2ccccc2O)c1. The number of para-hydroxylation sites is 1. The van der Waals surface area contributed by atoms with Gasteiger partial charge in [-0.25, -0.2) is 0 Å². The Morgan fingerprint density at radius 3 is 2.43 bits per heavy atom. The molecule has 0 radical (unpaired) electrons. The summed E-state index contributed by atoms with van der Waals surface area (Å²) in [6.45, 7) is 3.70. The predicted molar refractivity (Wildman–Crippen MR) is 81.5 cm³/mol. The van der Waals surface area contributed by atoms with Crippen molar-refractivity contribution in [1.29, 1.82) is 0 Å².